The highest BCUT2D eigenvalue weighted by molar-refractivity contribution is 7.15. The van der Waals surface area contributed by atoms with Gasteiger partial charge in [-0.3, -0.25) is 4.90 Å². The Morgan fingerprint density at radius 2 is 2.06 bits per heavy atom. The molecule has 0 saturated carbocycles. The molecule has 7 nitrogen and oxygen atoms in total. The van der Waals surface area contributed by atoms with Crippen LogP contribution in [0.5, 0.6) is 0 Å². The summed E-state index contributed by atoms with van der Waals surface area (Å²) in [6, 6.07) is 10.5. The first kappa shape index (κ1) is 21.8. The number of aryl methyl sites for hydroxylation is 1. The van der Waals surface area contributed by atoms with Gasteiger partial charge in [0.1, 0.15) is 11.0 Å². The van der Waals surface area contributed by atoms with Crippen molar-refractivity contribution in [1.29, 1.82) is 5.26 Å². The highest BCUT2D eigenvalue weighted by atomic mass is 32.1. The monoisotopic (exact) mass is 439 g/mol. The van der Waals surface area contributed by atoms with E-state index in [-0.39, 0.29) is 16.6 Å². The van der Waals surface area contributed by atoms with Crippen molar-refractivity contribution in [3.05, 3.63) is 29.1 Å². The third kappa shape index (κ3) is 3.93. The molecule has 1 aromatic carbocycles. The Hall–Kier alpha value is -2.47. The number of hydrogen-bond acceptors (Lipinski definition) is 6. The molecular weight excluding hydrogens is 408 g/mol. The number of benzene rings is 1. The minimum atomic E-state index is -0.305. The molecule has 1 aromatic heterocycles. The summed E-state index contributed by atoms with van der Waals surface area (Å²) in [5.41, 5.74) is 8.20. The molecule has 2 aliphatic rings. The van der Waals surface area contributed by atoms with E-state index in [9.17, 15) is 4.79 Å². The van der Waals surface area contributed by atoms with E-state index < -0.39 is 0 Å². The molecule has 3 heterocycles. The van der Waals surface area contributed by atoms with Crippen molar-refractivity contribution in [3.63, 3.8) is 0 Å². The van der Waals surface area contributed by atoms with Gasteiger partial charge in [0.2, 0.25) is 0 Å². The Morgan fingerprint density at radius 1 is 1.32 bits per heavy atom. The van der Waals surface area contributed by atoms with Crippen LogP contribution in [0.1, 0.15) is 25.1 Å². The summed E-state index contributed by atoms with van der Waals surface area (Å²) in [4.78, 5) is 23.2. The summed E-state index contributed by atoms with van der Waals surface area (Å²) in [6.07, 6.45) is 0.975. The van der Waals surface area contributed by atoms with Crippen molar-refractivity contribution < 1.29 is 4.79 Å². The van der Waals surface area contributed by atoms with E-state index in [1.807, 2.05) is 6.92 Å². The van der Waals surface area contributed by atoms with Crippen LogP contribution in [0.4, 0.5) is 16.3 Å². The lowest BCUT2D eigenvalue weighted by molar-refractivity contribution is 0.203. The van der Waals surface area contributed by atoms with E-state index in [2.05, 4.69) is 54.0 Å². The number of thiazole rings is 1. The quantitative estimate of drug-likeness (QED) is 0.581. The Balaban J connectivity index is 1.62. The minimum absolute atomic E-state index is 0.136. The SMILES string of the molecule is Cc1sc(-c2cccc(N3CCN(CC#N)CC3)c2)nc1[N+]1(C(N)=O)C[C@@H](C)CC1C. The van der Waals surface area contributed by atoms with E-state index >= 15 is 0 Å². The first-order chi connectivity index (χ1) is 14.8. The Labute approximate surface area is 188 Å². The van der Waals surface area contributed by atoms with Gasteiger partial charge in [0.05, 0.1) is 24.0 Å². The number of urea groups is 1. The number of carbonyl (C=O) groups excluding carboxylic acids is 1. The van der Waals surface area contributed by atoms with Gasteiger partial charge in [-0.15, -0.1) is 11.3 Å². The number of piperazine rings is 1. The maximum Gasteiger partial charge on any atom is 0.420 e. The second-order valence-corrected chi connectivity index (χ2v) is 10.2. The molecule has 164 valence electrons. The molecular formula is C23H31N6OS+. The third-order valence-electron chi connectivity index (χ3n) is 6.76. The largest absolute Gasteiger partial charge is 0.420 e. The summed E-state index contributed by atoms with van der Waals surface area (Å²) in [5, 5.41) is 9.84. The number of carbonyl (C=O) groups is 1. The lowest BCUT2D eigenvalue weighted by Crippen LogP contribution is -2.60. The number of amides is 2. The van der Waals surface area contributed by atoms with Gasteiger partial charge in [-0.1, -0.05) is 19.1 Å². The van der Waals surface area contributed by atoms with Crippen LogP contribution in [0, 0.1) is 24.2 Å². The van der Waals surface area contributed by atoms with Crippen molar-refractivity contribution in [3.8, 4) is 16.6 Å². The van der Waals surface area contributed by atoms with Gasteiger partial charge in [-0.05, 0) is 26.0 Å². The molecule has 2 aromatic rings. The Bertz CT molecular complexity index is 1010. The number of nitrogens with zero attached hydrogens (tertiary/aromatic N) is 5. The number of nitrogens with two attached hydrogens (primary N) is 1. The van der Waals surface area contributed by atoms with Crippen LogP contribution < -0.4 is 15.1 Å². The predicted molar refractivity (Wildman–Crippen MR) is 126 cm³/mol. The van der Waals surface area contributed by atoms with Crippen LogP contribution in [0.25, 0.3) is 10.6 Å². The molecule has 3 atom stereocenters. The van der Waals surface area contributed by atoms with Crippen LogP contribution >= 0.6 is 11.3 Å². The molecule has 4 rings (SSSR count). The number of quaternary nitrogens is 1. The summed E-state index contributed by atoms with van der Waals surface area (Å²) in [5.74, 6) is 1.26. The maximum absolute atomic E-state index is 12.6. The van der Waals surface area contributed by atoms with Crippen molar-refractivity contribution in [1.82, 2.24) is 14.4 Å². The molecule has 8 heteroatoms. The number of primary amides is 1. The zero-order valence-corrected chi connectivity index (χ0v) is 19.4. The Morgan fingerprint density at radius 3 is 2.68 bits per heavy atom. The number of anilines is 1. The molecule has 2 fully saturated rings. The van der Waals surface area contributed by atoms with Gasteiger partial charge < -0.3 is 10.6 Å². The summed E-state index contributed by atoms with van der Waals surface area (Å²) in [7, 11) is 0. The van der Waals surface area contributed by atoms with Crippen molar-refractivity contribution >= 4 is 28.9 Å². The van der Waals surface area contributed by atoms with Crippen LogP contribution in [0.3, 0.4) is 0 Å². The van der Waals surface area contributed by atoms with E-state index in [4.69, 9.17) is 16.0 Å². The number of hydrogen-bond donors (Lipinski definition) is 1. The second kappa shape index (κ2) is 8.58. The van der Waals surface area contributed by atoms with Crippen LogP contribution in [-0.2, 0) is 0 Å². The first-order valence-corrected chi connectivity index (χ1v) is 11.8. The second-order valence-electron chi connectivity index (χ2n) is 8.95. The smallest absolute Gasteiger partial charge is 0.369 e. The first-order valence-electron chi connectivity index (χ1n) is 11.0. The highest BCUT2D eigenvalue weighted by Gasteiger charge is 2.52. The molecule has 31 heavy (non-hydrogen) atoms. The van der Waals surface area contributed by atoms with Crippen molar-refractivity contribution in [2.45, 2.75) is 33.2 Å². The highest BCUT2D eigenvalue weighted by Crippen LogP contribution is 2.42. The standard InChI is InChI=1S/C23H30N6OS/c1-16-13-17(2)29(15-16,23(25)30)21-18(3)31-22(26-21)19-5-4-6-20(14-19)28-11-9-27(8-7-24)10-12-28/h4-6,14,16-17H,8-13,15H2,1-3H3,(H-,25,30)/p+1/t16-,17?,29?/m0/s1. The lowest BCUT2D eigenvalue weighted by Gasteiger charge is -2.35. The predicted octanol–water partition coefficient (Wildman–Crippen LogP) is 3.58. The normalized spacial score (nSPS) is 26.7. The van der Waals surface area contributed by atoms with E-state index in [1.54, 1.807) is 11.3 Å². The number of nitriles is 1. The molecule has 0 radical (unpaired) electrons. The molecule has 2 saturated heterocycles. The fourth-order valence-corrected chi connectivity index (χ4v) is 6.16. The van der Waals surface area contributed by atoms with Crippen LogP contribution in [-0.4, -0.2) is 61.2 Å². The van der Waals surface area contributed by atoms with Gasteiger partial charge in [-0.25, -0.2) is 4.79 Å². The molecule has 2 N–H and O–H groups in total. The molecule has 2 amide bonds. The molecule has 0 aliphatic carbocycles. The van der Waals surface area contributed by atoms with Gasteiger partial charge in [0, 0.05) is 49.8 Å². The number of rotatable bonds is 4. The molecule has 0 bridgehead atoms. The van der Waals surface area contributed by atoms with Crippen LogP contribution in [0.2, 0.25) is 0 Å². The van der Waals surface area contributed by atoms with Gasteiger partial charge in [-0.2, -0.15) is 14.7 Å². The van der Waals surface area contributed by atoms with Gasteiger partial charge >= 0.3 is 6.03 Å². The fraction of sp³-hybridized carbons (Fsp3) is 0.522. The van der Waals surface area contributed by atoms with Gasteiger partial charge in [0.25, 0.3) is 5.82 Å². The zero-order valence-electron chi connectivity index (χ0n) is 18.5. The molecule has 0 spiro atoms. The summed E-state index contributed by atoms with van der Waals surface area (Å²) >= 11 is 1.64. The van der Waals surface area contributed by atoms with Gasteiger partial charge in [0.15, 0.2) is 0 Å². The minimum Gasteiger partial charge on any atom is -0.369 e. The fourth-order valence-electron chi connectivity index (χ4n) is 5.20. The lowest BCUT2D eigenvalue weighted by atomic mass is 10.1. The van der Waals surface area contributed by atoms with Crippen molar-refractivity contribution in [2.75, 3.05) is 44.2 Å². The van der Waals surface area contributed by atoms with E-state index in [0.29, 0.717) is 19.0 Å². The zero-order chi connectivity index (χ0) is 22.2. The summed E-state index contributed by atoms with van der Waals surface area (Å²) in [6.45, 7) is 11.2. The number of likely N-dealkylation sites (tertiary alicyclic amines) is 1. The van der Waals surface area contributed by atoms with Crippen molar-refractivity contribution in [2.24, 2.45) is 11.7 Å². The summed E-state index contributed by atoms with van der Waals surface area (Å²) < 4.78 is 0.157. The molecule has 2 aliphatic heterocycles. The van der Waals surface area contributed by atoms with E-state index in [0.717, 1.165) is 53.9 Å². The van der Waals surface area contributed by atoms with E-state index in [1.165, 1.54) is 5.69 Å². The molecule has 2 unspecified atom stereocenters. The average Bonchev–Trinajstić information content (AvgIpc) is 3.28. The number of aromatic nitrogens is 1. The average molecular weight is 440 g/mol. The maximum atomic E-state index is 12.6. The topological polar surface area (TPSA) is 86.2 Å². The Kier molecular flexibility index (Phi) is 6.02. The third-order valence-corrected chi connectivity index (χ3v) is 7.77. The van der Waals surface area contributed by atoms with Crippen LogP contribution in [0.15, 0.2) is 24.3 Å².